The first-order valence-corrected chi connectivity index (χ1v) is 6.25. The first-order valence-electron chi connectivity index (χ1n) is 6.25. The summed E-state index contributed by atoms with van der Waals surface area (Å²) in [5.41, 5.74) is 1.16. The van der Waals surface area contributed by atoms with E-state index >= 15 is 0 Å². The lowest BCUT2D eigenvalue weighted by Gasteiger charge is -2.21. The molecule has 0 aliphatic carbocycles. The molecule has 1 fully saturated rings. The summed E-state index contributed by atoms with van der Waals surface area (Å²) in [4.78, 5) is 8.57. The van der Waals surface area contributed by atoms with E-state index < -0.39 is 0 Å². The Labute approximate surface area is 108 Å². The van der Waals surface area contributed by atoms with Crippen molar-refractivity contribution in [1.82, 2.24) is 9.88 Å². The number of anilines is 1. The van der Waals surface area contributed by atoms with Crippen LogP contribution in [0.1, 0.15) is 5.56 Å². The predicted molar refractivity (Wildman–Crippen MR) is 70.7 cm³/mol. The number of β-amino-alcohol motifs (C(OH)–C–C–N with tert-alkyl or cyclic N) is 1. The molecule has 0 amide bonds. The van der Waals surface area contributed by atoms with Gasteiger partial charge in [0.15, 0.2) is 0 Å². The highest BCUT2D eigenvalue weighted by molar-refractivity contribution is 5.37. The normalized spacial score (nSPS) is 21.6. The summed E-state index contributed by atoms with van der Waals surface area (Å²) < 4.78 is 5.31. The van der Waals surface area contributed by atoms with Crippen LogP contribution >= 0.6 is 0 Å². The van der Waals surface area contributed by atoms with Gasteiger partial charge in [-0.15, -0.1) is 0 Å². The molecule has 1 saturated heterocycles. The molecule has 0 bridgehead atoms. The van der Waals surface area contributed by atoms with E-state index in [9.17, 15) is 5.11 Å². The highest BCUT2D eigenvalue weighted by Gasteiger charge is 2.16. The maximum atomic E-state index is 9.67. The summed E-state index contributed by atoms with van der Waals surface area (Å²) in [7, 11) is 3.95. The van der Waals surface area contributed by atoms with E-state index in [4.69, 9.17) is 4.74 Å². The van der Waals surface area contributed by atoms with Crippen molar-refractivity contribution < 1.29 is 9.84 Å². The fourth-order valence-corrected chi connectivity index (χ4v) is 2.03. The Morgan fingerprint density at radius 2 is 2.33 bits per heavy atom. The van der Waals surface area contributed by atoms with Crippen LogP contribution in [0.4, 0.5) is 5.82 Å². The number of pyridine rings is 1. The van der Waals surface area contributed by atoms with Crippen LogP contribution in [0.25, 0.3) is 0 Å². The second-order valence-electron chi connectivity index (χ2n) is 4.88. The van der Waals surface area contributed by atoms with Crippen LogP contribution in [0.15, 0.2) is 18.3 Å². The fourth-order valence-electron chi connectivity index (χ4n) is 2.03. The lowest BCUT2D eigenvalue weighted by atomic mass is 10.2. The van der Waals surface area contributed by atoms with Gasteiger partial charge in [-0.3, -0.25) is 4.90 Å². The zero-order valence-corrected chi connectivity index (χ0v) is 11.0. The third-order valence-corrected chi connectivity index (χ3v) is 3.00. The van der Waals surface area contributed by atoms with Crippen LogP contribution in [0.2, 0.25) is 0 Å². The van der Waals surface area contributed by atoms with E-state index in [1.54, 1.807) is 0 Å². The number of aliphatic hydroxyl groups excluding tert-OH is 1. The van der Waals surface area contributed by atoms with E-state index in [0.717, 1.165) is 24.5 Å². The van der Waals surface area contributed by atoms with Crippen molar-refractivity contribution in [1.29, 1.82) is 0 Å². The number of hydrogen-bond acceptors (Lipinski definition) is 5. The topological polar surface area (TPSA) is 48.8 Å². The van der Waals surface area contributed by atoms with Gasteiger partial charge in [0.05, 0.1) is 19.3 Å². The van der Waals surface area contributed by atoms with Gasteiger partial charge in [0.25, 0.3) is 0 Å². The second kappa shape index (κ2) is 6.13. The maximum Gasteiger partial charge on any atom is 0.127 e. The number of hydrogen-bond donors (Lipinski definition) is 1. The minimum atomic E-state index is -0.387. The van der Waals surface area contributed by atoms with E-state index in [-0.39, 0.29) is 6.10 Å². The van der Waals surface area contributed by atoms with Gasteiger partial charge in [0, 0.05) is 39.9 Å². The standard InChI is InChI=1S/C13H21N3O2/c1-15(2)13-4-3-11(7-14-13)8-16-5-6-18-10-12(17)9-16/h3-4,7,12,17H,5-6,8-10H2,1-2H3. The minimum absolute atomic E-state index is 0.387. The van der Waals surface area contributed by atoms with Crippen LogP contribution in [0, 0.1) is 0 Å². The van der Waals surface area contributed by atoms with E-state index in [1.165, 1.54) is 0 Å². The van der Waals surface area contributed by atoms with Gasteiger partial charge in [0.2, 0.25) is 0 Å². The monoisotopic (exact) mass is 251 g/mol. The van der Waals surface area contributed by atoms with Gasteiger partial charge in [-0.05, 0) is 11.6 Å². The van der Waals surface area contributed by atoms with Crippen LogP contribution in [0.3, 0.4) is 0 Å². The molecule has 1 aromatic rings. The molecule has 1 atom stereocenters. The summed E-state index contributed by atoms with van der Waals surface area (Å²) in [5.74, 6) is 0.956. The molecular weight excluding hydrogens is 230 g/mol. The highest BCUT2D eigenvalue weighted by Crippen LogP contribution is 2.11. The first kappa shape index (κ1) is 13.3. The summed E-state index contributed by atoms with van der Waals surface area (Å²) >= 11 is 0. The Bertz CT molecular complexity index is 367. The minimum Gasteiger partial charge on any atom is -0.389 e. The Morgan fingerprint density at radius 3 is 3.00 bits per heavy atom. The molecule has 1 N–H and O–H groups in total. The van der Waals surface area contributed by atoms with Crippen LogP contribution in [0.5, 0.6) is 0 Å². The smallest absolute Gasteiger partial charge is 0.127 e. The molecular formula is C13H21N3O2. The molecule has 100 valence electrons. The van der Waals surface area contributed by atoms with E-state index in [0.29, 0.717) is 19.8 Å². The molecule has 5 nitrogen and oxygen atoms in total. The molecule has 0 aromatic carbocycles. The molecule has 1 unspecified atom stereocenters. The van der Waals surface area contributed by atoms with Crippen molar-refractivity contribution >= 4 is 5.82 Å². The molecule has 1 aliphatic heterocycles. The zero-order chi connectivity index (χ0) is 13.0. The van der Waals surface area contributed by atoms with Gasteiger partial charge >= 0.3 is 0 Å². The van der Waals surface area contributed by atoms with Crippen molar-refractivity contribution in [3.8, 4) is 0 Å². The Morgan fingerprint density at radius 1 is 1.50 bits per heavy atom. The largest absolute Gasteiger partial charge is 0.389 e. The van der Waals surface area contributed by atoms with Crippen LogP contribution in [-0.2, 0) is 11.3 Å². The Kier molecular flexibility index (Phi) is 4.52. The van der Waals surface area contributed by atoms with Crippen LogP contribution in [-0.4, -0.2) is 61.5 Å². The summed E-state index contributed by atoms with van der Waals surface area (Å²) in [6.07, 6.45) is 1.51. The third kappa shape index (κ3) is 3.66. The zero-order valence-electron chi connectivity index (χ0n) is 11.0. The van der Waals surface area contributed by atoms with Crippen molar-refractivity contribution in [2.75, 3.05) is 45.3 Å². The Hall–Kier alpha value is -1.17. The SMILES string of the molecule is CN(C)c1ccc(CN2CCOCC(O)C2)cn1. The van der Waals surface area contributed by atoms with Crippen LogP contribution < -0.4 is 4.90 Å². The molecule has 0 radical (unpaired) electrons. The lowest BCUT2D eigenvalue weighted by Crippen LogP contribution is -2.32. The maximum absolute atomic E-state index is 9.67. The van der Waals surface area contributed by atoms with Crippen molar-refractivity contribution in [3.63, 3.8) is 0 Å². The van der Waals surface area contributed by atoms with Gasteiger partial charge < -0.3 is 14.7 Å². The van der Waals surface area contributed by atoms with Gasteiger partial charge in [-0.2, -0.15) is 0 Å². The average Bonchev–Trinajstić information content (AvgIpc) is 2.54. The highest BCUT2D eigenvalue weighted by atomic mass is 16.5. The number of rotatable bonds is 3. The van der Waals surface area contributed by atoms with E-state index in [2.05, 4.69) is 16.0 Å². The van der Waals surface area contributed by atoms with E-state index in [1.807, 2.05) is 31.3 Å². The second-order valence-corrected chi connectivity index (χ2v) is 4.88. The van der Waals surface area contributed by atoms with Crippen molar-refractivity contribution in [2.45, 2.75) is 12.6 Å². The molecule has 0 saturated carbocycles. The molecule has 2 rings (SSSR count). The van der Waals surface area contributed by atoms with Crippen molar-refractivity contribution in [3.05, 3.63) is 23.9 Å². The molecule has 1 aromatic heterocycles. The summed E-state index contributed by atoms with van der Waals surface area (Å²) in [6, 6.07) is 4.10. The quantitative estimate of drug-likeness (QED) is 0.839. The molecule has 18 heavy (non-hydrogen) atoms. The number of aliphatic hydroxyl groups is 1. The number of nitrogens with zero attached hydrogens (tertiary/aromatic N) is 3. The predicted octanol–water partition coefficient (Wildman–Crippen LogP) is 0.341. The van der Waals surface area contributed by atoms with Crippen molar-refractivity contribution in [2.24, 2.45) is 0 Å². The van der Waals surface area contributed by atoms with Gasteiger partial charge in [-0.1, -0.05) is 6.07 Å². The molecule has 5 heteroatoms. The number of aromatic nitrogens is 1. The molecule has 0 spiro atoms. The van der Waals surface area contributed by atoms with Gasteiger partial charge in [0.1, 0.15) is 5.82 Å². The van der Waals surface area contributed by atoms with Gasteiger partial charge in [-0.25, -0.2) is 4.98 Å². The molecule has 1 aliphatic rings. The lowest BCUT2D eigenvalue weighted by molar-refractivity contribution is 0.0562. The summed E-state index contributed by atoms with van der Waals surface area (Å²) in [6.45, 7) is 3.44. The summed E-state index contributed by atoms with van der Waals surface area (Å²) in [5, 5.41) is 9.67. The average molecular weight is 251 g/mol. The molecule has 2 heterocycles. The first-order chi connectivity index (χ1) is 8.65. The third-order valence-electron chi connectivity index (χ3n) is 3.00. The number of ether oxygens (including phenoxy) is 1. The Balaban J connectivity index is 1.95. The fraction of sp³-hybridized carbons (Fsp3) is 0.615.